The molecular weight excluding hydrogens is 401 g/mol. The van der Waals surface area contributed by atoms with Gasteiger partial charge in [-0.15, -0.1) is 13.2 Å². The van der Waals surface area contributed by atoms with Crippen LogP contribution in [0, 0.1) is 0 Å². The Balaban J connectivity index is 1.64. The molecule has 156 valence electrons. The molecule has 6 nitrogen and oxygen atoms in total. The van der Waals surface area contributed by atoms with E-state index >= 15 is 0 Å². The van der Waals surface area contributed by atoms with Gasteiger partial charge >= 0.3 is 6.36 Å². The second-order valence-corrected chi connectivity index (χ2v) is 6.37. The molecule has 0 aliphatic rings. The van der Waals surface area contributed by atoms with Crippen LogP contribution in [-0.2, 0) is 6.54 Å². The Morgan fingerprint density at radius 3 is 2.43 bits per heavy atom. The van der Waals surface area contributed by atoms with Crippen molar-refractivity contribution in [2.75, 3.05) is 12.4 Å². The molecule has 9 heteroatoms. The van der Waals surface area contributed by atoms with Gasteiger partial charge in [0.15, 0.2) is 5.76 Å². The van der Waals surface area contributed by atoms with Gasteiger partial charge in [-0.1, -0.05) is 18.2 Å². The summed E-state index contributed by atoms with van der Waals surface area (Å²) < 4.78 is 45.5. The zero-order chi connectivity index (χ0) is 21.7. The summed E-state index contributed by atoms with van der Waals surface area (Å²) in [4.78, 5) is 26.2. The number of nitrogens with zero attached hydrogens (tertiary/aromatic N) is 1. The lowest BCUT2D eigenvalue weighted by atomic mass is 10.1. The van der Waals surface area contributed by atoms with Crippen LogP contribution in [-0.4, -0.2) is 30.1 Å². The van der Waals surface area contributed by atoms with E-state index in [-0.39, 0.29) is 24.0 Å². The molecule has 30 heavy (non-hydrogen) atoms. The third kappa shape index (κ3) is 5.63. The van der Waals surface area contributed by atoms with Gasteiger partial charge in [0.1, 0.15) is 5.75 Å². The minimum absolute atomic E-state index is 0.141. The van der Waals surface area contributed by atoms with Gasteiger partial charge in [0.05, 0.1) is 6.26 Å². The molecule has 1 N–H and O–H groups in total. The minimum atomic E-state index is -4.76. The summed E-state index contributed by atoms with van der Waals surface area (Å²) >= 11 is 0. The Morgan fingerprint density at radius 2 is 1.80 bits per heavy atom. The highest BCUT2D eigenvalue weighted by Gasteiger charge is 2.31. The number of carbonyl (C=O) groups excluding carboxylic acids is 2. The lowest BCUT2D eigenvalue weighted by Crippen LogP contribution is -2.26. The molecule has 0 saturated carbocycles. The van der Waals surface area contributed by atoms with Gasteiger partial charge in [-0.2, -0.15) is 0 Å². The largest absolute Gasteiger partial charge is 0.573 e. The monoisotopic (exact) mass is 418 g/mol. The number of anilines is 1. The van der Waals surface area contributed by atoms with E-state index in [1.807, 2.05) is 0 Å². The maximum atomic E-state index is 12.7. The number of alkyl halides is 3. The van der Waals surface area contributed by atoms with E-state index in [0.717, 1.165) is 0 Å². The zero-order valence-corrected chi connectivity index (χ0v) is 15.8. The Labute approximate surface area is 169 Å². The fourth-order valence-electron chi connectivity index (χ4n) is 2.69. The van der Waals surface area contributed by atoms with Crippen molar-refractivity contribution in [3.63, 3.8) is 0 Å². The highest BCUT2D eigenvalue weighted by molar-refractivity contribution is 6.03. The Morgan fingerprint density at radius 1 is 1.07 bits per heavy atom. The lowest BCUT2D eigenvalue weighted by molar-refractivity contribution is -0.274. The summed E-state index contributed by atoms with van der Waals surface area (Å²) in [7, 11) is 1.57. The average molecular weight is 418 g/mol. The number of rotatable bonds is 6. The first-order chi connectivity index (χ1) is 14.2. The standard InChI is InChI=1S/C21H17F3N2O4/c1-26(13-14-7-9-17(10-8-14)30-21(22,23)24)20(28)15-4-2-5-16(12-15)25-19(27)18-6-3-11-29-18/h2-12H,13H2,1H3,(H,25,27). The molecule has 3 aromatic rings. The van der Waals surface area contributed by atoms with Crippen LogP contribution in [0.3, 0.4) is 0 Å². The number of hydrogen-bond donors (Lipinski definition) is 1. The highest BCUT2D eigenvalue weighted by atomic mass is 19.4. The molecule has 2 amide bonds. The van der Waals surface area contributed by atoms with Gasteiger partial charge in [-0.05, 0) is 48.0 Å². The summed E-state index contributed by atoms with van der Waals surface area (Å²) in [5, 5.41) is 2.64. The van der Waals surface area contributed by atoms with Crippen molar-refractivity contribution in [1.29, 1.82) is 0 Å². The molecule has 0 saturated heterocycles. The molecule has 1 heterocycles. The Kier molecular flexibility index (Phi) is 6.10. The minimum Gasteiger partial charge on any atom is -0.459 e. The van der Waals surface area contributed by atoms with Crippen LogP contribution >= 0.6 is 0 Å². The molecule has 0 fully saturated rings. The fourth-order valence-corrected chi connectivity index (χ4v) is 2.69. The highest BCUT2D eigenvalue weighted by Crippen LogP contribution is 2.23. The van der Waals surface area contributed by atoms with Crippen LogP contribution in [0.5, 0.6) is 5.75 Å². The van der Waals surface area contributed by atoms with E-state index in [1.54, 1.807) is 31.3 Å². The molecule has 0 radical (unpaired) electrons. The fraction of sp³-hybridized carbons (Fsp3) is 0.143. The Hall–Kier alpha value is -3.75. The van der Waals surface area contributed by atoms with Gasteiger partial charge in [0.2, 0.25) is 0 Å². The summed E-state index contributed by atoms with van der Waals surface area (Å²) in [5.41, 5.74) is 1.39. The summed E-state index contributed by atoms with van der Waals surface area (Å²) in [6, 6.07) is 14.8. The van der Waals surface area contributed by atoms with E-state index in [9.17, 15) is 22.8 Å². The number of nitrogens with one attached hydrogen (secondary N) is 1. The average Bonchev–Trinajstić information content (AvgIpc) is 3.23. The molecule has 0 aliphatic heterocycles. The first-order valence-electron chi connectivity index (χ1n) is 8.76. The molecule has 0 unspecified atom stereocenters. The number of benzene rings is 2. The summed E-state index contributed by atoms with van der Waals surface area (Å²) in [5.74, 6) is -0.958. The van der Waals surface area contributed by atoms with Crippen LogP contribution in [0.15, 0.2) is 71.3 Å². The van der Waals surface area contributed by atoms with Gasteiger partial charge in [0, 0.05) is 24.8 Å². The van der Waals surface area contributed by atoms with Crippen LogP contribution < -0.4 is 10.1 Å². The molecule has 3 rings (SSSR count). The number of carbonyl (C=O) groups is 2. The molecule has 0 spiro atoms. The predicted molar refractivity (Wildman–Crippen MR) is 102 cm³/mol. The molecule has 1 aromatic heterocycles. The van der Waals surface area contributed by atoms with E-state index in [0.29, 0.717) is 16.8 Å². The van der Waals surface area contributed by atoms with Crippen LogP contribution in [0.1, 0.15) is 26.5 Å². The van der Waals surface area contributed by atoms with Crippen LogP contribution in [0.4, 0.5) is 18.9 Å². The first-order valence-corrected chi connectivity index (χ1v) is 8.76. The van der Waals surface area contributed by atoms with E-state index in [2.05, 4.69) is 10.1 Å². The van der Waals surface area contributed by atoms with Crippen LogP contribution in [0.2, 0.25) is 0 Å². The molecular formula is C21H17F3N2O4. The second-order valence-electron chi connectivity index (χ2n) is 6.37. The van der Waals surface area contributed by atoms with E-state index in [1.165, 1.54) is 47.6 Å². The van der Waals surface area contributed by atoms with Crippen molar-refractivity contribution < 1.29 is 31.9 Å². The normalized spacial score (nSPS) is 11.1. The maximum absolute atomic E-state index is 12.7. The summed E-state index contributed by atoms with van der Waals surface area (Å²) in [6.45, 7) is 0.175. The molecule has 0 aliphatic carbocycles. The molecule has 0 bridgehead atoms. The third-order valence-electron chi connectivity index (χ3n) is 4.04. The smallest absolute Gasteiger partial charge is 0.459 e. The van der Waals surface area contributed by atoms with Gasteiger partial charge in [-0.25, -0.2) is 0 Å². The number of hydrogen-bond acceptors (Lipinski definition) is 4. The predicted octanol–water partition coefficient (Wildman–Crippen LogP) is 4.70. The third-order valence-corrected chi connectivity index (χ3v) is 4.04. The van der Waals surface area contributed by atoms with Crippen molar-refractivity contribution in [3.8, 4) is 5.75 Å². The quantitative estimate of drug-likeness (QED) is 0.630. The number of ether oxygens (including phenoxy) is 1. The molecule has 0 atom stereocenters. The van der Waals surface area contributed by atoms with Crippen LogP contribution in [0.25, 0.3) is 0 Å². The van der Waals surface area contributed by atoms with Crippen molar-refractivity contribution in [3.05, 3.63) is 83.8 Å². The maximum Gasteiger partial charge on any atom is 0.573 e. The van der Waals surface area contributed by atoms with Gasteiger partial charge in [-0.3, -0.25) is 9.59 Å². The second kappa shape index (κ2) is 8.73. The Bertz CT molecular complexity index is 1020. The number of amides is 2. The van der Waals surface area contributed by atoms with Crippen molar-refractivity contribution in [2.24, 2.45) is 0 Å². The SMILES string of the molecule is CN(Cc1ccc(OC(F)(F)F)cc1)C(=O)c1cccc(NC(=O)c2ccco2)c1. The van der Waals surface area contributed by atoms with Gasteiger partial charge in [0.25, 0.3) is 11.8 Å². The number of halogens is 3. The van der Waals surface area contributed by atoms with Crippen molar-refractivity contribution in [2.45, 2.75) is 12.9 Å². The first kappa shape index (κ1) is 21.0. The van der Waals surface area contributed by atoms with Crippen molar-refractivity contribution >= 4 is 17.5 Å². The zero-order valence-electron chi connectivity index (χ0n) is 15.8. The number of furan rings is 1. The topological polar surface area (TPSA) is 71.8 Å². The van der Waals surface area contributed by atoms with E-state index < -0.39 is 12.3 Å². The lowest BCUT2D eigenvalue weighted by Gasteiger charge is -2.18. The molecule has 2 aromatic carbocycles. The van der Waals surface area contributed by atoms with Gasteiger partial charge < -0.3 is 19.4 Å². The summed E-state index contributed by atoms with van der Waals surface area (Å²) in [6.07, 6.45) is -3.38. The van der Waals surface area contributed by atoms with Crippen molar-refractivity contribution in [1.82, 2.24) is 4.90 Å². The van der Waals surface area contributed by atoms with E-state index in [4.69, 9.17) is 4.42 Å².